The van der Waals surface area contributed by atoms with Crippen LogP contribution in [0.4, 0.5) is 5.69 Å². The average Bonchev–Trinajstić information content (AvgIpc) is 2.37. The van der Waals surface area contributed by atoms with E-state index in [-0.39, 0.29) is 11.7 Å². The van der Waals surface area contributed by atoms with Crippen LogP contribution in [-0.2, 0) is 9.59 Å². The van der Waals surface area contributed by atoms with E-state index in [2.05, 4.69) is 5.32 Å². The van der Waals surface area contributed by atoms with Crippen molar-refractivity contribution >= 4 is 23.3 Å². The summed E-state index contributed by atoms with van der Waals surface area (Å²) in [7, 11) is 0. The number of nitrogens with one attached hydrogen (secondary N) is 1. The minimum Gasteiger partial charge on any atom is -0.481 e. The van der Waals surface area contributed by atoms with Gasteiger partial charge in [0, 0.05) is 23.6 Å². The van der Waals surface area contributed by atoms with Gasteiger partial charge in [0.15, 0.2) is 5.78 Å². The van der Waals surface area contributed by atoms with Crippen molar-refractivity contribution in [1.82, 2.24) is 0 Å². The molecule has 1 amide bonds. The van der Waals surface area contributed by atoms with Crippen LogP contribution in [0, 0.1) is 11.8 Å². The van der Waals surface area contributed by atoms with Crippen molar-refractivity contribution in [3.05, 3.63) is 29.8 Å². The van der Waals surface area contributed by atoms with Crippen LogP contribution >= 0.6 is 0 Å². The van der Waals surface area contributed by atoms with Gasteiger partial charge >= 0.3 is 5.97 Å². The zero-order valence-electron chi connectivity index (χ0n) is 11.3. The van der Waals surface area contributed by atoms with E-state index in [1.54, 1.807) is 31.2 Å². The Morgan fingerprint density at radius 2 is 1.75 bits per heavy atom. The minimum atomic E-state index is -0.901. The molecule has 2 N–H and O–H groups in total. The first-order chi connectivity index (χ1) is 9.52. The lowest BCUT2D eigenvalue weighted by atomic mass is 9.70. The lowest BCUT2D eigenvalue weighted by Crippen LogP contribution is -2.38. The maximum Gasteiger partial charge on any atom is 0.307 e. The molecule has 0 spiro atoms. The summed E-state index contributed by atoms with van der Waals surface area (Å²) >= 11 is 0. The minimum absolute atomic E-state index is 0.0889. The third kappa shape index (κ3) is 2.87. The number of carbonyl (C=O) groups excluding carboxylic acids is 2. The van der Waals surface area contributed by atoms with Gasteiger partial charge in [-0.25, -0.2) is 0 Å². The van der Waals surface area contributed by atoms with E-state index in [1.807, 2.05) is 0 Å². The van der Waals surface area contributed by atoms with E-state index < -0.39 is 17.8 Å². The Labute approximate surface area is 117 Å². The van der Waals surface area contributed by atoms with Gasteiger partial charge in [0.25, 0.3) is 0 Å². The van der Waals surface area contributed by atoms with Crippen molar-refractivity contribution in [2.75, 3.05) is 5.32 Å². The van der Waals surface area contributed by atoms with Gasteiger partial charge in [-0.3, -0.25) is 14.4 Å². The Balaban J connectivity index is 2.04. The van der Waals surface area contributed by atoms with Crippen LogP contribution in [0.25, 0.3) is 0 Å². The average molecular weight is 275 g/mol. The molecular formula is C15H17NO4. The molecule has 1 saturated carbocycles. The summed E-state index contributed by atoms with van der Waals surface area (Å²) in [5.74, 6) is -2.09. The molecule has 2 atom stereocenters. The predicted molar refractivity (Wildman–Crippen MR) is 73.5 cm³/mol. The van der Waals surface area contributed by atoms with Crippen molar-refractivity contribution in [1.29, 1.82) is 0 Å². The molecule has 0 saturated heterocycles. The molecular weight excluding hydrogens is 258 g/mol. The van der Waals surface area contributed by atoms with Crippen molar-refractivity contribution in [2.45, 2.75) is 26.2 Å². The van der Waals surface area contributed by atoms with Crippen LogP contribution in [-0.4, -0.2) is 22.8 Å². The third-order valence-electron chi connectivity index (χ3n) is 3.70. The number of amides is 1. The number of benzene rings is 1. The summed E-state index contributed by atoms with van der Waals surface area (Å²) < 4.78 is 0. The summed E-state index contributed by atoms with van der Waals surface area (Å²) in [6.07, 6.45) is 1.59. The van der Waals surface area contributed by atoms with Gasteiger partial charge in [-0.2, -0.15) is 0 Å². The number of Topliss-reactive ketones (excluding diaryl/α,β-unsaturated/α-hetero) is 1. The van der Waals surface area contributed by atoms with E-state index in [1.165, 1.54) is 0 Å². The molecule has 0 unspecified atom stereocenters. The number of anilines is 1. The topological polar surface area (TPSA) is 83.5 Å². The van der Waals surface area contributed by atoms with Gasteiger partial charge < -0.3 is 10.4 Å². The van der Waals surface area contributed by atoms with Gasteiger partial charge in [-0.05, 0) is 37.1 Å². The summed E-state index contributed by atoms with van der Waals surface area (Å²) in [6, 6.07) is 6.58. The monoisotopic (exact) mass is 275 g/mol. The standard InChI is InChI=1S/C15H17NO4/c1-2-13(17)16-10-5-3-9(4-6-10)14(18)11-7-8-12(11)15(19)20/h3-6,11-12H,2,7-8H2,1H3,(H,16,17)(H,19,20)/t11-,12+/m0/s1. The second-order valence-electron chi connectivity index (χ2n) is 4.97. The first-order valence-corrected chi connectivity index (χ1v) is 6.70. The lowest BCUT2D eigenvalue weighted by Gasteiger charge is -2.31. The molecule has 1 aromatic rings. The van der Waals surface area contributed by atoms with Crippen molar-refractivity contribution in [2.24, 2.45) is 11.8 Å². The molecule has 20 heavy (non-hydrogen) atoms. The van der Waals surface area contributed by atoms with Crippen LogP contribution in [0.2, 0.25) is 0 Å². The van der Waals surface area contributed by atoms with Crippen LogP contribution in [0.1, 0.15) is 36.5 Å². The van der Waals surface area contributed by atoms with Crippen LogP contribution < -0.4 is 5.32 Å². The van der Waals surface area contributed by atoms with Gasteiger partial charge in [-0.15, -0.1) is 0 Å². The van der Waals surface area contributed by atoms with E-state index in [0.717, 1.165) is 0 Å². The fourth-order valence-corrected chi connectivity index (χ4v) is 2.29. The molecule has 1 aromatic carbocycles. The Kier molecular flexibility index (Phi) is 4.17. The largest absolute Gasteiger partial charge is 0.481 e. The number of ketones is 1. The number of hydrogen-bond acceptors (Lipinski definition) is 3. The molecule has 0 bridgehead atoms. The van der Waals surface area contributed by atoms with Gasteiger partial charge in [0.1, 0.15) is 0 Å². The zero-order valence-corrected chi connectivity index (χ0v) is 11.3. The van der Waals surface area contributed by atoms with E-state index in [0.29, 0.717) is 30.5 Å². The number of aliphatic carboxylic acids is 1. The molecule has 0 heterocycles. The quantitative estimate of drug-likeness (QED) is 0.808. The number of rotatable bonds is 5. The third-order valence-corrected chi connectivity index (χ3v) is 3.70. The molecule has 1 aliphatic carbocycles. The van der Waals surface area contributed by atoms with E-state index >= 15 is 0 Å². The molecule has 2 rings (SSSR count). The van der Waals surface area contributed by atoms with Gasteiger partial charge in [-0.1, -0.05) is 6.92 Å². The molecule has 5 nitrogen and oxygen atoms in total. The molecule has 0 aliphatic heterocycles. The number of carboxylic acid groups (broad SMARTS) is 1. The smallest absolute Gasteiger partial charge is 0.307 e. The molecule has 0 aromatic heterocycles. The maximum absolute atomic E-state index is 12.2. The normalized spacial score (nSPS) is 20.9. The second-order valence-corrected chi connectivity index (χ2v) is 4.97. The van der Waals surface area contributed by atoms with Crippen LogP contribution in [0.15, 0.2) is 24.3 Å². The molecule has 0 radical (unpaired) electrons. The van der Waals surface area contributed by atoms with Gasteiger partial charge in [0.05, 0.1) is 5.92 Å². The van der Waals surface area contributed by atoms with Crippen molar-refractivity contribution in [3.8, 4) is 0 Å². The first kappa shape index (κ1) is 14.2. The lowest BCUT2D eigenvalue weighted by molar-refractivity contribution is -0.146. The number of carboxylic acids is 1. The molecule has 1 fully saturated rings. The molecule has 1 aliphatic rings. The first-order valence-electron chi connectivity index (χ1n) is 6.70. The fourth-order valence-electron chi connectivity index (χ4n) is 2.29. The van der Waals surface area contributed by atoms with Crippen LogP contribution in [0.5, 0.6) is 0 Å². The molecule has 5 heteroatoms. The SMILES string of the molecule is CCC(=O)Nc1ccc(C(=O)[C@H]2CC[C@H]2C(=O)O)cc1. The highest BCUT2D eigenvalue weighted by Gasteiger charge is 2.41. The van der Waals surface area contributed by atoms with Gasteiger partial charge in [0.2, 0.25) is 5.91 Å². The Hall–Kier alpha value is -2.17. The van der Waals surface area contributed by atoms with E-state index in [4.69, 9.17) is 5.11 Å². The maximum atomic E-state index is 12.2. The second kappa shape index (κ2) is 5.86. The highest BCUT2D eigenvalue weighted by Crippen LogP contribution is 2.37. The Bertz CT molecular complexity index is 535. The van der Waals surface area contributed by atoms with Crippen molar-refractivity contribution < 1.29 is 19.5 Å². The molecule has 106 valence electrons. The Morgan fingerprint density at radius 1 is 1.15 bits per heavy atom. The predicted octanol–water partition coefficient (Wildman–Crippen LogP) is 2.33. The number of carbonyl (C=O) groups is 3. The van der Waals surface area contributed by atoms with Crippen molar-refractivity contribution in [3.63, 3.8) is 0 Å². The zero-order chi connectivity index (χ0) is 14.7. The Morgan fingerprint density at radius 3 is 2.20 bits per heavy atom. The summed E-state index contributed by atoms with van der Waals surface area (Å²) in [6.45, 7) is 1.76. The summed E-state index contributed by atoms with van der Waals surface area (Å²) in [4.78, 5) is 34.4. The fraction of sp³-hybridized carbons (Fsp3) is 0.400. The highest BCUT2D eigenvalue weighted by atomic mass is 16.4. The highest BCUT2D eigenvalue weighted by molar-refractivity contribution is 6.01. The number of hydrogen-bond donors (Lipinski definition) is 2. The van der Waals surface area contributed by atoms with Crippen LogP contribution in [0.3, 0.4) is 0 Å². The van der Waals surface area contributed by atoms with E-state index in [9.17, 15) is 14.4 Å². The summed E-state index contributed by atoms with van der Waals surface area (Å²) in [5.41, 5.74) is 1.13. The summed E-state index contributed by atoms with van der Waals surface area (Å²) in [5, 5.41) is 11.7.